The predicted octanol–water partition coefficient (Wildman–Crippen LogP) is 0.870. The lowest BCUT2D eigenvalue weighted by Crippen LogP contribution is -2.53. The summed E-state index contributed by atoms with van der Waals surface area (Å²) in [5.74, 6) is 0.435. The molecule has 6 nitrogen and oxygen atoms in total. The van der Waals surface area contributed by atoms with Crippen LogP contribution in [0.2, 0.25) is 0 Å². The number of nitriles is 1. The van der Waals surface area contributed by atoms with Gasteiger partial charge in [-0.1, -0.05) is 12.1 Å². The summed E-state index contributed by atoms with van der Waals surface area (Å²) in [6.07, 6.45) is 1.09. The maximum atomic E-state index is 12.3. The third kappa shape index (κ3) is 3.81. The van der Waals surface area contributed by atoms with E-state index in [0.29, 0.717) is 17.4 Å². The number of para-hydroxylation sites is 1. The van der Waals surface area contributed by atoms with Crippen molar-refractivity contribution in [3.8, 4) is 11.8 Å². The SMILES string of the molecule is N#Cc1ccccc1OCC(=O)N1CCN(C2CCOC2)CC1. The number of piperazine rings is 1. The summed E-state index contributed by atoms with van der Waals surface area (Å²) >= 11 is 0. The first-order chi connectivity index (χ1) is 11.3. The van der Waals surface area contributed by atoms with Crippen LogP contribution in [0.1, 0.15) is 12.0 Å². The van der Waals surface area contributed by atoms with Crippen LogP contribution in [-0.2, 0) is 9.53 Å². The van der Waals surface area contributed by atoms with Gasteiger partial charge in [-0.05, 0) is 18.6 Å². The average Bonchev–Trinajstić information content (AvgIpc) is 3.14. The van der Waals surface area contributed by atoms with Gasteiger partial charge in [0.2, 0.25) is 0 Å². The summed E-state index contributed by atoms with van der Waals surface area (Å²) < 4.78 is 10.9. The summed E-state index contributed by atoms with van der Waals surface area (Å²) in [4.78, 5) is 16.5. The van der Waals surface area contributed by atoms with Crippen molar-refractivity contribution in [3.05, 3.63) is 29.8 Å². The summed E-state index contributed by atoms with van der Waals surface area (Å²) in [6, 6.07) is 9.54. The summed E-state index contributed by atoms with van der Waals surface area (Å²) in [5, 5.41) is 9.02. The number of ether oxygens (including phenoxy) is 2. The molecule has 122 valence electrons. The third-order valence-corrected chi connectivity index (χ3v) is 4.45. The quantitative estimate of drug-likeness (QED) is 0.825. The largest absolute Gasteiger partial charge is 0.482 e. The molecule has 0 spiro atoms. The molecule has 2 fully saturated rings. The van der Waals surface area contributed by atoms with Crippen LogP contribution in [0.15, 0.2) is 24.3 Å². The monoisotopic (exact) mass is 315 g/mol. The highest BCUT2D eigenvalue weighted by Gasteiger charge is 2.28. The van der Waals surface area contributed by atoms with E-state index < -0.39 is 0 Å². The van der Waals surface area contributed by atoms with E-state index in [4.69, 9.17) is 14.7 Å². The number of carbonyl (C=O) groups excluding carboxylic acids is 1. The van der Waals surface area contributed by atoms with Crippen LogP contribution in [0.4, 0.5) is 0 Å². The fraction of sp³-hybridized carbons (Fsp3) is 0.529. The molecule has 0 bridgehead atoms. The summed E-state index contributed by atoms with van der Waals surface area (Å²) in [6.45, 7) is 4.84. The van der Waals surface area contributed by atoms with Crippen LogP contribution >= 0.6 is 0 Å². The zero-order valence-electron chi connectivity index (χ0n) is 13.1. The zero-order chi connectivity index (χ0) is 16.1. The van der Waals surface area contributed by atoms with Gasteiger partial charge in [0.05, 0.1) is 12.2 Å². The van der Waals surface area contributed by atoms with E-state index in [1.807, 2.05) is 4.90 Å². The van der Waals surface area contributed by atoms with Crippen molar-refractivity contribution in [1.82, 2.24) is 9.80 Å². The molecular formula is C17H21N3O3. The van der Waals surface area contributed by atoms with Gasteiger partial charge in [-0.3, -0.25) is 9.69 Å². The molecule has 0 saturated carbocycles. The molecule has 1 atom stereocenters. The molecule has 2 saturated heterocycles. The molecule has 0 radical (unpaired) electrons. The van der Waals surface area contributed by atoms with Crippen LogP contribution in [0.3, 0.4) is 0 Å². The van der Waals surface area contributed by atoms with Crippen molar-refractivity contribution in [3.63, 3.8) is 0 Å². The molecule has 1 unspecified atom stereocenters. The highest BCUT2D eigenvalue weighted by molar-refractivity contribution is 5.78. The van der Waals surface area contributed by atoms with Crippen molar-refractivity contribution in [1.29, 1.82) is 5.26 Å². The first-order valence-corrected chi connectivity index (χ1v) is 7.99. The standard InChI is InChI=1S/C17H21N3O3/c18-11-14-3-1-2-4-16(14)23-13-17(21)20-8-6-19(7-9-20)15-5-10-22-12-15/h1-4,15H,5-10,12-13H2. The van der Waals surface area contributed by atoms with Crippen LogP contribution < -0.4 is 4.74 Å². The average molecular weight is 315 g/mol. The van der Waals surface area contributed by atoms with E-state index in [2.05, 4.69) is 11.0 Å². The highest BCUT2D eigenvalue weighted by atomic mass is 16.5. The molecule has 2 heterocycles. The van der Waals surface area contributed by atoms with Crippen LogP contribution in [0.25, 0.3) is 0 Å². The lowest BCUT2D eigenvalue weighted by Gasteiger charge is -2.37. The van der Waals surface area contributed by atoms with Crippen molar-refractivity contribution < 1.29 is 14.3 Å². The lowest BCUT2D eigenvalue weighted by molar-refractivity contribution is -0.135. The third-order valence-electron chi connectivity index (χ3n) is 4.45. The van der Waals surface area contributed by atoms with E-state index in [0.717, 1.165) is 45.8 Å². The number of amides is 1. The normalized spacial score (nSPS) is 21.9. The molecule has 23 heavy (non-hydrogen) atoms. The molecule has 1 amide bonds. The van der Waals surface area contributed by atoms with E-state index >= 15 is 0 Å². The zero-order valence-corrected chi connectivity index (χ0v) is 13.1. The minimum absolute atomic E-state index is 0.0226. The molecule has 3 rings (SSSR count). The van der Waals surface area contributed by atoms with E-state index in [-0.39, 0.29) is 12.5 Å². The Morgan fingerprint density at radius 2 is 2.09 bits per heavy atom. The van der Waals surface area contributed by atoms with Gasteiger partial charge in [-0.2, -0.15) is 5.26 Å². The second-order valence-electron chi connectivity index (χ2n) is 5.83. The Balaban J connectivity index is 1.47. The minimum Gasteiger partial charge on any atom is -0.482 e. The molecule has 0 aliphatic carbocycles. The van der Waals surface area contributed by atoms with Crippen molar-refractivity contribution in [2.45, 2.75) is 12.5 Å². The van der Waals surface area contributed by atoms with E-state index in [1.165, 1.54) is 0 Å². The number of nitrogens with zero attached hydrogens (tertiary/aromatic N) is 3. The first-order valence-electron chi connectivity index (χ1n) is 7.99. The number of hydrogen-bond donors (Lipinski definition) is 0. The van der Waals surface area contributed by atoms with Crippen LogP contribution in [-0.4, -0.2) is 67.7 Å². The number of benzene rings is 1. The van der Waals surface area contributed by atoms with Crippen LogP contribution in [0, 0.1) is 11.3 Å². The summed E-state index contributed by atoms with van der Waals surface area (Å²) in [5.41, 5.74) is 0.450. The van der Waals surface area contributed by atoms with Crippen molar-refractivity contribution in [2.75, 3.05) is 46.0 Å². The predicted molar refractivity (Wildman–Crippen MR) is 84.0 cm³/mol. The second-order valence-corrected chi connectivity index (χ2v) is 5.83. The molecule has 2 aliphatic rings. The number of rotatable bonds is 4. The maximum Gasteiger partial charge on any atom is 0.260 e. The fourth-order valence-electron chi connectivity index (χ4n) is 3.06. The van der Waals surface area contributed by atoms with E-state index in [9.17, 15) is 4.79 Å². The number of carbonyl (C=O) groups is 1. The molecule has 1 aromatic carbocycles. The fourth-order valence-corrected chi connectivity index (χ4v) is 3.06. The second kappa shape index (κ2) is 7.44. The molecule has 6 heteroatoms. The maximum absolute atomic E-state index is 12.3. The smallest absolute Gasteiger partial charge is 0.260 e. The van der Waals surface area contributed by atoms with Gasteiger partial charge < -0.3 is 14.4 Å². The molecule has 2 aliphatic heterocycles. The van der Waals surface area contributed by atoms with Crippen LogP contribution in [0.5, 0.6) is 5.75 Å². The lowest BCUT2D eigenvalue weighted by atomic mass is 10.2. The first kappa shape index (κ1) is 15.8. The topological polar surface area (TPSA) is 65.8 Å². The van der Waals surface area contributed by atoms with Gasteiger partial charge >= 0.3 is 0 Å². The van der Waals surface area contributed by atoms with Gasteiger partial charge in [0.25, 0.3) is 5.91 Å². The Labute approximate surface area is 136 Å². The Morgan fingerprint density at radius 3 is 2.78 bits per heavy atom. The van der Waals surface area contributed by atoms with Gasteiger partial charge in [0.15, 0.2) is 6.61 Å². The van der Waals surface area contributed by atoms with Gasteiger partial charge in [0.1, 0.15) is 11.8 Å². The Bertz CT molecular complexity index is 585. The Hall–Kier alpha value is -2.10. The Kier molecular flexibility index (Phi) is 5.11. The van der Waals surface area contributed by atoms with Gasteiger partial charge in [0, 0.05) is 38.8 Å². The van der Waals surface area contributed by atoms with Gasteiger partial charge in [-0.15, -0.1) is 0 Å². The minimum atomic E-state index is -0.0277. The molecule has 1 aromatic rings. The van der Waals surface area contributed by atoms with Gasteiger partial charge in [-0.25, -0.2) is 0 Å². The molecular weight excluding hydrogens is 294 g/mol. The highest BCUT2D eigenvalue weighted by Crippen LogP contribution is 2.17. The van der Waals surface area contributed by atoms with Crippen molar-refractivity contribution >= 4 is 5.91 Å². The Morgan fingerprint density at radius 1 is 1.30 bits per heavy atom. The molecule has 0 N–H and O–H groups in total. The molecule has 0 aromatic heterocycles. The van der Waals surface area contributed by atoms with Crippen molar-refractivity contribution in [2.24, 2.45) is 0 Å². The number of hydrogen-bond acceptors (Lipinski definition) is 5. The van der Waals surface area contributed by atoms with E-state index in [1.54, 1.807) is 24.3 Å². The summed E-state index contributed by atoms with van der Waals surface area (Å²) in [7, 11) is 0.